The number of nitrogens with one attached hydrogen (secondary N) is 1. The zero-order valence-electron chi connectivity index (χ0n) is 24.0. The van der Waals surface area contributed by atoms with Crippen LogP contribution in [0.3, 0.4) is 0 Å². The van der Waals surface area contributed by atoms with Crippen molar-refractivity contribution in [3.05, 3.63) is 107 Å². The van der Waals surface area contributed by atoms with E-state index in [9.17, 15) is 19.5 Å². The third kappa shape index (κ3) is 7.39. The van der Waals surface area contributed by atoms with E-state index in [4.69, 9.17) is 9.47 Å². The monoisotopic (exact) mass is 558 g/mol. The summed E-state index contributed by atoms with van der Waals surface area (Å²) in [7, 11) is 0. The molecular formula is C33H38N2O6. The molecule has 1 heterocycles. The van der Waals surface area contributed by atoms with Gasteiger partial charge in [-0.1, -0.05) is 72.8 Å². The molecule has 8 heteroatoms. The number of nitrogens with zero attached hydrogens (tertiary/aromatic N) is 1. The molecule has 3 atom stereocenters. The van der Waals surface area contributed by atoms with E-state index in [1.165, 1.54) is 0 Å². The minimum atomic E-state index is -1.54. The minimum Gasteiger partial charge on any atom is -0.456 e. The number of hydrogen-bond acceptors (Lipinski definition) is 7. The normalized spacial score (nSPS) is 17.4. The Hall–Kier alpha value is -4.01. The average molecular weight is 559 g/mol. The maximum atomic E-state index is 14.4. The second kappa shape index (κ2) is 12.7. The molecule has 2 amide bonds. The van der Waals surface area contributed by atoms with E-state index in [0.717, 1.165) is 21.6 Å². The van der Waals surface area contributed by atoms with Crippen LogP contribution in [0.15, 0.2) is 84.9 Å². The number of esters is 1. The summed E-state index contributed by atoms with van der Waals surface area (Å²) >= 11 is 0. The Morgan fingerprint density at radius 1 is 0.951 bits per heavy atom. The molecule has 1 aliphatic rings. The van der Waals surface area contributed by atoms with Crippen LogP contribution in [0.25, 0.3) is 0 Å². The highest BCUT2D eigenvalue weighted by atomic mass is 16.6. The van der Waals surface area contributed by atoms with Crippen LogP contribution in [0.4, 0.5) is 4.79 Å². The van der Waals surface area contributed by atoms with Gasteiger partial charge in [0, 0.05) is 13.0 Å². The van der Waals surface area contributed by atoms with Gasteiger partial charge >= 0.3 is 12.1 Å². The van der Waals surface area contributed by atoms with Gasteiger partial charge in [-0.25, -0.2) is 14.5 Å². The molecule has 0 spiro atoms. The van der Waals surface area contributed by atoms with Gasteiger partial charge in [0.25, 0.3) is 5.91 Å². The summed E-state index contributed by atoms with van der Waals surface area (Å²) in [5.74, 6) is -0.975. The van der Waals surface area contributed by atoms with Crippen LogP contribution in [0.1, 0.15) is 54.7 Å². The molecule has 8 nitrogen and oxygen atoms in total. The number of carbonyl (C=O) groups is 3. The second-order valence-corrected chi connectivity index (χ2v) is 11.5. The topological polar surface area (TPSA) is 105 Å². The molecule has 0 aliphatic carbocycles. The van der Waals surface area contributed by atoms with E-state index < -0.39 is 41.3 Å². The van der Waals surface area contributed by atoms with Crippen molar-refractivity contribution in [2.75, 3.05) is 6.61 Å². The third-order valence-electron chi connectivity index (χ3n) is 7.11. The first-order chi connectivity index (χ1) is 19.5. The lowest BCUT2D eigenvalue weighted by Crippen LogP contribution is -2.66. The zero-order chi connectivity index (χ0) is 29.6. The van der Waals surface area contributed by atoms with Crippen molar-refractivity contribution < 1.29 is 29.0 Å². The number of cyclic esters (lactones) is 1. The molecule has 0 unspecified atom stereocenters. The summed E-state index contributed by atoms with van der Waals surface area (Å²) < 4.78 is 10.8. The van der Waals surface area contributed by atoms with Gasteiger partial charge in [-0.05, 0) is 62.9 Å². The van der Waals surface area contributed by atoms with Crippen LogP contribution in [0, 0.1) is 0 Å². The number of amides is 2. The smallest absolute Gasteiger partial charge is 0.417 e. The molecule has 1 aliphatic heterocycles. The molecule has 3 aromatic carbocycles. The molecule has 41 heavy (non-hydrogen) atoms. The lowest BCUT2D eigenvalue weighted by atomic mass is 9.83. The maximum Gasteiger partial charge on any atom is 0.417 e. The highest BCUT2D eigenvalue weighted by molar-refractivity contribution is 5.99. The third-order valence-corrected chi connectivity index (χ3v) is 7.11. The lowest BCUT2D eigenvalue weighted by Gasteiger charge is -2.39. The van der Waals surface area contributed by atoms with Crippen LogP contribution in [-0.2, 0) is 33.7 Å². The number of benzene rings is 3. The van der Waals surface area contributed by atoms with Crippen molar-refractivity contribution in [1.29, 1.82) is 0 Å². The molecule has 0 bridgehead atoms. The Morgan fingerprint density at radius 3 is 2.10 bits per heavy atom. The quantitative estimate of drug-likeness (QED) is 0.348. The molecular weight excluding hydrogens is 520 g/mol. The fourth-order valence-electron chi connectivity index (χ4n) is 4.92. The van der Waals surface area contributed by atoms with Crippen LogP contribution in [0.2, 0.25) is 0 Å². The molecule has 4 rings (SSSR count). The van der Waals surface area contributed by atoms with Crippen molar-refractivity contribution >= 4 is 18.0 Å². The summed E-state index contributed by atoms with van der Waals surface area (Å²) in [6, 6.07) is 25.3. The highest BCUT2D eigenvalue weighted by Gasteiger charge is 2.51. The predicted octanol–water partition coefficient (Wildman–Crippen LogP) is 4.68. The molecule has 2 N–H and O–H groups in total. The van der Waals surface area contributed by atoms with Gasteiger partial charge in [-0.15, -0.1) is 0 Å². The van der Waals surface area contributed by atoms with Gasteiger partial charge in [-0.2, -0.15) is 0 Å². The summed E-state index contributed by atoms with van der Waals surface area (Å²) in [5, 5.41) is 14.5. The fourth-order valence-corrected chi connectivity index (χ4v) is 4.92. The van der Waals surface area contributed by atoms with Crippen molar-refractivity contribution in [2.45, 2.75) is 70.4 Å². The number of aliphatic hydroxyl groups excluding tert-OH is 1. The molecule has 1 fully saturated rings. The highest BCUT2D eigenvalue weighted by Crippen LogP contribution is 2.28. The van der Waals surface area contributed by atoms with Gasteiger partial charge in [0.1, 0.15) is 17.7 Å². The Labute approximate surface area is 241 Å². The Balaban J connectivity index is 1.62. The zero-order valence-corrected chi connectivity index (χ0v) is 24.0. The number of rotatable bonds is 10. The number of aliphatic hydroxyl groups is 1. The number of carbonyl (C=O) groups excluding carboxylic acids is 3. The number of ether oxygens (including phenoxy) is 2. The summed E-state index contributed by atoms with van der Waals surface area (Å²) in [6.45, 7) is 7.25. The van der Waals surface area contributed by atoms with E-state index in [2.05, 4.69) is 5.32 Å². The predicted molar refractivity (Wildman–Crippen MR) is 155 cm³/mol. The van der Waals surface area contributed by atoms with Crippen molar-refractivity contribution in [1.82, 2.24) is 10.2 Å². The number of imide groups is 1. The summed E-state index contributed by atoms with van der Waals surface area (Å²) in [5.41, 5.74) is 0.839. The largest absolute Gasteiger partial charge is 0.456 e. The molecule has 0 saturated carbocycles. The summed E-state index contributed by atoms with van der Waals surface area (Å²) in [6.07, 6.45) is -1.31. The van der Waals surface area contributed by atoms with E-state index in [0.29, 0.717) is 12.0 Å². The Kier molecular flexibility index (Phi) is 9.25. The van der Waals surface area contributed by atoms with Gasteiger partial charge in [0.2, 0.25) is 0 Å². The van der Waals surface area contributed by atoms with Crippen LogP contribution in [-0.4, -0.2) is 57.9 Å². The first-order valence-corrected chi connectivity index (χ1v) is 13.8. The van der Waals surface area contributed by atoms with Crippen LogP contribution < -0.4 is 5.32 Å². The van der Waals surface area contributed by atoms with Gasteiger partial charge in [-0.3, -0.25) is 10.1 Å². The van der Waals surface area contributed by atoms with E-state index >= 15 is 0 Å². The Bertz CT molecular complexity index is 1340. The summed E-state index contributed by atoms with van der Waals surface area (Å²) in [4.78, 5) is 40.9. The van der Waals surface area contributed by atoms with Crippen molar-refractivity contribution in [3.63, 3.8) is 0 Å². The minimum absolute atomic E-state index is 0.0762. The van der Waals surface area contributed by atoms with Gasteiger partial charge in [0.05, 0.1) is 17.7 Å². The van der Waals surface area contributed by atoms with E-state index in [-0.39, 0.29) is 19.6 Å². The average Bonchev–Trinajstić information content (AvgIpc) is 3.30. The molecule has 3 aromatic rings. The molecule has 0 radical (unpaired) electrons. The standard InChI is InChI=1S/C33H38N2O6/c1-23(36)33(20-25-13-9-6-10-14-25,34-21-26-15-17-27(18-16-26)29(37)41-32(2,3)4)30(38)35-28(22-40-31(35)39)19-24-11-7-5-8-12-24/h5-18,23,28,34,36H,19-22H2,1-4H3/t23-,28-,33-/m1/s1. The van der Waals surface area contributed by atoms with E-state index in [1.807, 2.05) is 81.4 Å². The maximum absolute atomic E-state index is 14.4. The SMILES string of the molecule is C[C@@H](O)[C@@](Cc1ccccc1)(NCc1ccc(C(=O)OC(C)(C)C)cc1)C(=O)N1C(=O)OC[C@H]1Cc1ccccc1. The molecule has 1 saturated heterocycles. The van der Waals surface area contributed by atoms with Crippen molar-refractivity contribution in [2.24, 2.45) is 0 Å². The van der Waals surface area contributed by atoms with Gasteiger partial charge in [0.15, 0.2) is 0 Å². The molecule has 216 valence electrons. The lowest BCUT2D eigenvalue weighted by molar-refractivity contribution is -0.141. The molecule has 0 aromatic heterocycles. The number of hydrogen-bond donors (Lipinski definition) is 2. The van der Waals surface area contributed by atoms with Crippen molar-refractivity contribution in [3.8, 4) is 0 Å². The van der Waals surface area contributed by atoms with Crippen LogP contribution in [0.5, 0.6) is 0 Å². The fraction of sp³-hybridized carbons (Fsp3) is 0.364. The van der Waals surface area contributed by atoms with Gasteiger partial charge < -0.3 is 14.6 Å². The van der Waals surface area contributed by atoms with Crippen LogP contribution >= 0.6 is 0 Å². The first kappa shape index (κ1) is 30.0. The first-order valence-electron chi connectivity index (χ1n) is 13.8. The Morgan fingerprint density at radius 2 is 1.54 bits per heavy atom. The second-order valence-electron chi connectivity index (χ2n) is 11.5. The van der Waals surface area contributed by atoms with E-state index in [1.54, 1.807) is 31.2 Å².